The van der Waals surface area contributed by atoms with Crippen LogP contribution in [0.5, 0.6) is 0 Å². The van der Waals surface area contributed by atoms with Crippen LogP contribution in [-0.2, 0) is 0 Å². The van der Waals surface area contributed by atoms with Crippen LogP contribution < -0.4 is 5.32 Å². The van der Waals surface area contributed by atoms with E-state index in [0.29, 0.717) is 0 Å². The minimum absolute atomic E-state index is 0.0778. The van der Waals surface area contributed by atoms with Gasteiger partial charge in [0.15, 0.2) is 0 Å². The van der Waals surface area contributed by atoms with Gasteiger partial charge in [0.05, 0.1) is 12.1 Å². The Bertz CT molecular complexity index is 182. The highest BCUT2D eigenvalue weighted by Crippen LogP contribution is 2.26. The molecular formula is C11H24N2O. The first-order valence-electron chi connectivity index (χ1n) is 5.48. The van der Waals surface area contributed by atoms with Gasteiger partial charge in [-0.1, -0.05) is 0 Å². The van der Waals surface area contributed by atoms with Crippen LogP contribution >= 0.6 is 0 Å². The fraction of sp³-hybridized carbons (Fsp3) is 1.00. The molecule has 0 aliphatic carbocycles. The minimum Gasteiger partial charge on any atom is -0.394 e. The maximum Gasteiger partial charge on any atom is 0.0625 e. The zero-order chi connectivity index (χ0) is 10.8. The molecule has 84 valence electrons. The van der Waals surface area contributed by atoms with E-state index in [1.165, 1.54) is 6.42 Å². The van der Waals surface area contributed by atoms with Gasteiger partial charge < -0.3 is 10.4 Å². The maximum atomic E-state index is 9.44. The molecule has 1 aliphatic rings. The van der Waals surface area contributed by atoms with Gasteiger partial charge in [0, 0.05) is 12.1 Å². The number of nitrogens with one attached hydrogen (secondary N) is 1. The third kappa shape index (κ3) is 2.47. The van der Waals surface area contributed by atoms with E-state index in [0.717, 1.165) is 19.5 Å². The molecule has 14 heavy (non-hydrogen) atoms. The first kappa shape index (κ1) is 12.0. The van der Waals surface area contributed by atoms with Crippen molar-refractivity contribution in [2.45, 2.75) is 44.7 Å². The summed E-state index contributed by atoms with van der Waals surface area (Å²) in [4.78, 5) is 2.45. The minimum atomic E-state index is -0.0778. The summed E-state index contributed by atoms with van der Waals surface area (Å²) in [6, 6.07) is 0. The number of aliphatic hydroxyl groups is 1. The van der Waals surface area contributed by atoms with Gasteiger partial charge in [0.2, 0.25) is 0 Å². The molecule has 1 aliphatic heterocycles. The number of nitrogens with zero attached hydrogens (tertiary/aromatic N) is 1. The molecule has 1 saturated heterocycles. The highest BCUT2D eigenvalue weighted by Gasteiger charge is 2.36. The topological polar surface area (TPSA) is 35.5 Å². The molecule has 0 aromatic rings. The normalized spacial score (nSPS) is 30.6. The Hall–Kier alpha value is -0.120. The lowest BCUT2D eigenvalue weighted by Crippen LogP contribution is -2.61. The predicted molar refractivity (Wildman–Crippen MR) is 59.4 cm³/mol. The Kier molecular flexibility index (Phi) is 3.56. The zero-order valence-corrected chi connectivity index (χ0v) is 9.93. The summed E-state index contributed by atoms with van der Waals surface area (Å²) < 4.78 is 0. The molecule has 1 fully saturated rings. The first-order valence-corrected chi connectivity index (χ1v) is 5.48. The number of piperidine rings is 1. The highest BCUT2D eigenvalue weighted by molar-refractivity contribution is 4.96. The second kappa shape index (κ2) is 4.17. The van der Waals surface area contributed by atoms with Crippen molar-refractivity contribution in [1.82, 2.24) is 10.2 Å². The van der Waals surface area contributed by atoms with Crippen LogP contribution in [0.1, 0.15) is 33.6 Å². The molecular weight excluding hydrogens is 176 g/mol. The second-order valence-corrected chi connectivity index (χ2v) is 5.38. The average Bonchev–Trinajstić information content (AvgIpc) is 2.16. The van der Waals surface area contributed by atoms with Crippen molar-refractivity contribution in [1.29, 1.82) is 0 Å². The third-order valence-corrected chi connectivity index (χ3v) is 3.36. The molecule has 1 rings (SSSR count). The molecule has 1 atom stereocenters. The van der Waals surface area contributed by atoms with Crippen molar-refractivity contribution in [3.63, 3.8) is 0 Å². The van der Waals surface area contributed by atoms with Crippen LogP contribution in [0.3, 0.4) is 0 Å². The van der Waals surface area contributed by atoms with Crippen molar-refractivity contribution in [3.05, 3.63) is 0 Å². The van der Waals surface area contributed by atoms with Gasteiger partial charge in [-0.3, -0.25) is 4.90 Å². The van der Waals surface area contributed by atoms with E-state index in [9.17, 15) is 5.11 Å². The molecule has 1 heterocycles. The number of hydrogen-bond donors (Lipinski definition) is 2. The van der Waals surface area contributed by atoms with Gasteiger partial charge in [0.1, 0.15) is 0 Å². The zero-order valence-electron chi connectivity index (χ0n) is 9.93. The van der Waals surface area contributed by atoms with Gasteiger partial charge in [-0.15, -0.1) is 0 Å². The first-order chi connectivity index (χ1) is 6.43. The Morgan fingerprint density at radius 3 is 2.50 bits per heavy atom. The standard InChI is InChI=1S/C11H24N2O/c1-10(2,3)13-7-5-6-11(8-13,9-14)12-4/h12,14H,5-9H2,1-4H3. The molecule has 0 aromatic carbocycles. The largest absolute Gasteiger partial charge is 0.394 e. The predicted octanol–water partition coefficient (Wildman–Crippen LogP) is 0.831. The van der Waals surface area contributed by atoms with Gasteiger partial charge in [-0.25, -0.2) is 0 Å². The van der Waals surface area contributed by atoms with Crippen molar-refractivity contribution in [2.75, 3.05) is 26.7 Å². The highest BCUT2D eigenvalue weighted by atomic mass is 16.3. The number of likely N-dealkylation sites (tertiary alicyclic amines) is 1. The van der Waals surface area contributed by atoms with E-state index in [-0.39, 0.29) is 17.7 Å². The summed E-state index contributed by atoms with van der Waals surface area (Å²) in [7, 11) is 1.95. The Balaban J connectivity index is 2.68. The molecule has 1 unspecified atom stereocenters. The number of rotatable bonds is 2. The van der Waals surface area contributed by atoms with Crippen LogP contribution in [-0.4, -0.2) is 47.8 Å². The monoisotopic (exact) mass is 200 g/mol. The summed E-state index contributed by atoms with van der Waals surface area (Å²) in [5.74, 6) is 0. The van der Waals surface area contributed by atoms with Crippen LogP contribution in [0.25, 0.3) is 0 Å². The second-order valence-electron chi connectivity index (χ2n) is 5.38. The molecule has 0 amide bonds. The molecule has 0 aromatic heterocycles. The Labute approximate surface area is 87.5 Å². The van der Waals surface area contributed by atoms with E-state index in [4.69, 9.17) is 0 Å². The SMILES string of the molecule is CNC1(CO)CCCN(C(C)(C)C)C1. The molecule has 2 N–H and O–H groups in total. The lowest BCUT2D eigenvalue weighted by molar-refractivity contribution is 0.0244. The van der Waals surface area contributed by atoms with E-state index in [1.807, 2.05) is 7.05 Å². The Morgan fingerprint density at radius 2 is 2.07 bits per heavy atom. The summed E-state index contributed by atoms with van der Waals surface area (Å²) in [6.07, 6.45) is 2.24. The molecule has 0 bridgehead atoms. The van der Waals surface area contributed by atoms with Crippen molar-refractivity contribution in [3.8, 4) is 0 Å². The summed E-state index contributed by atoms with van der Waals surface area (Å²) in [5, 5.41) is 12.7. The van der Waals surface area contributed by atoms with Crippen molar-refractivity contribution in [2.24, 2.45) is 0 Å². The fourth-order valence-electron chi connectivity index (χ4n) is 2.12. The van der Waals surface area contributed by atoms with E-state index in [2.05, 4.69) is 31.0 Å². The molecule has 0 saturated carbocycles. The van der Waals surface area contributed by atoms with E-state index < -0.39 is 0 Å². The average molecular weight is 200 g/mol. The van der Waals surface area contributed by atoms with Gasteiger partial charge in [-0.2, -0.15) is 0 Å². The molecule has 0 spiro atoms. The molecule has 0 radical (unpaired) electrons. The fourth-order valence-corrected chi connectivity index (χ4v) is 2.12. The molecule has 3 nitrogen and oxygen atoms in total. The summed E-state index contributed by atoms with van der Waals surface area (Å²) in [5.41, 5.74) is 0.128. The maximum absolute atomic E-state index is 9.44. The van der Waals surface area contributed by atoms with E-state index >= 15 is 0 Å². The lowest BCUT2D eigenvalue weighted by atomic mass is 9.87. The van der Waals surface area contributed by atoms with Gasteiger partial charge in [-0.05, 0) is 47.2 Å². The number of likely N-dealkylation sites (N-methyl/N-ethyl adjacent to an activating group) is 1. The van der Waals surface area contributed by atoms with Crippen molar-refractivity contribution >= 4 is 0 Å². The third-order valence-electron chi connectivity index (χ3n) is 3.36. The van der Waals surface area contributed by atoms with Gasteiger partial charge >= 0.3 is 0 Å². The Morgan fingerprint density at radius 1 is 1.43 bits per heavy atom. The van der Waals surface area contributed by atoms with Crippen LogP contribution in [0.4, 0.5) is 0 Å². The quantitative estimate of drug-likeness (QED) is 0.693. The number of hydrogen-bond acceptors (Lipinski definition) is 3. The summed E-state index contributed by atoms with van der Waals surface area (Å²) in [6.45, 7) is 9.02. The van der Waals surface area contributed by atoms with Crippen molar-refractivity contribution < 1.29 is 5.11 Å². The van der Waals surface area contributed by atoms with Crippen LogP contribution in [0, 0.1) is 0 Å². The van der Waals surface area contributed by atoms with Gasteiger partial charge in [0.25, 0.3) is 0 Å². The lowest BCUT2D eigenvalue weighted by Gasteiger charge is -2.47. The number of aliphatic hydroxyl groups excluding tert-OH is 1. The van der Waals surface area contributed by atoms with E-state index in [1.54, 1.807) is 0 Å². The molecule has 3 heteroatoms. The smallest absolute Gasteiger partial charge is 0.0625 e. The van der Waals surface area contributed by atoms with Crippen LogP contribution in [0.15, 0.2) is 0 Å². The van der Waals surface area contributed by atoms with Crippen LogP contribution in [0.2, 0.25) is 0 Å². The summed E-state index contributed by atoms with van der Waals surface area (Å²) >= 11 is 0.